The summed E-state index contributed by atoms with van der Waals surface area (Å²) in [6.45, 7) is 6.05. The molecule has 3 N–H and O–H groups in total. The number of aromatic nitrogens is 1. The maximum atomic E-state index is 11.7. The number of carboxylic acid groups (broad SMARTS) is 1. The van der Waals surface area contributed by atoms with Gasteiger partial charge in [0.05, 0.1) is 12.0 Å². The second kappa shape index (κ2) is 7.23. The van der Waals surface area contributed by atoms with Crippen LogP contribution in [0.25, 0.3) is 0 Å². The third kappa shape index (κ3) is 4.19. The van der Waals surface area contributed by atoms with E-state index in [2.05, 4.69) is 15.6 Å². The predicted octanol–water partition coefficient (Wildman–Crippen LogP) is 2.14. The van der Waals surface area contributed by atoms with E-state index in [4.69, 9.17) is 0 Å². The molecule has 0 aromatic carbocycles. The van der Waals surface area contributed by atoms with Crippen LogP contribution in [0, 0.1) is 12.3 Å². The van der Waals surface area contributed by atoms with E-state index < -0.39 is 11.4 Å². The van der Waals surface area contributed by atoms with Gasteiger partial charge >= 0.3 is 12.0 Å². The van der Waals surface area contributed by atoms with Gasteiger partial charge in [0.2, 0.25) is 0 Å². The fourth-order valence-electron chi connectivity index (χ4n) is 1.83. The summed E-state index contributed by atoms with van der Waals surface area (Å²) in [5, 5.41) is 15.4. The second-order valence-corrected chi connectivity index (χ2v) is 6.01. The number of nitrogens with one attached hydrogen (secondary N) is 2. The number of hydrogen-bond donors (Lipinski definition) is 3. The minimum Gasteiger partial charge on any atom is -0.481 e. The lowest BCUT2D eigenvalue weighted by Gasteiger charge is -2.26. The lowest BCUT2D eigenvalue weighted by molar-refractivity contribution is -0.149. The van der Waals surface area contributed by atoms with Crippen LogP contribution in [0.2, 0.25) is 0 Å². The van der Waals surface area contributed by atoms with Gasteiger partial charge in [0.1, 0.15) is 5.01 Å². The summed E-state index contributed by atoms with van der Waals surface area (Å²) in [5.74, 6) is -0.877. The molecule has 0 fully saturated rings. The molecule has 1 aromatic rings. The number of thiazole rings is 1. The zero-order valence-electron chi connectivity index (χ0n) is 12.0. The van der Waals surface area contributed by atoms with E-state index >= 15 is 0 Å². The maximum absolute atomic E-state index is 11.7. The van der Waals surface area contributed by atoms with Gasteiger partial charge in [-0.05, 0) is 19.8 Å². The van der Waals surface area contributed by atoms with Gasteiger partial charge in [-0.1, -0.05) is 13.8 Å². The minimum absolute atomic E-state index is 0.123. The molecule has 0 saturated heterocycles. The summed E-state index contributed by atoms with van der Waals surface area (Å²) in [7, 11) is 0. The molecule has 6 nitrogen and oxygen atoms in total. The molecule has 0 radical (unpaired) electrons. The lowest BCUT2D eigenvalue weighted by atomic mass is 9.82. The third-order valence-electron chi connectivity index (χ3n) is 3.46. The van der Waals surface area contributed by atoms with Crippen LogP contribution in [0.4, 0.5) is 4.79 Å². The largest absolute Gasteiger partial charge is 0.481 e. The van der Waals surface area contributed by atoms with E-state index in [1.807, 2.05) is 20.8 Å². The van der Waals surface area contributed by atoms with E-state index in [9.17, 15) is 14.7 Å². The summed E-state index contributed by atoms with van der Waals surface area (Å²) in [6.07, 6.45) is 2.71. The normalized spacial score (nSPS) is 11.2. The Balaban J connectivity index is 2.44. The highest BCUT2D eigenvalue weighted by Crippen LogP contribution is 2.25. The molecule has 112 valence electrons. The van der Waals surface area contributed by atoms with E-state index in [1.165, 1.54) is 11.3 Å². The molecule has 0 aliphatic heterocycles. The molecule has 20 heavy (non-hydrogen) atoms. The molecule has 0 atom stereocenters. The zero-order valence-corrected chi connectivity index (χ0v) is 12.8. The van der Waals surface area contributed by atoms with Gasteiger partial charge in [0.25, 0.3) is 0 Å². The Kier molecular flexibility index (Phi) is 5.94. The van der Waals surface area contributed by atoms with Crippen molar-refractivity contribution in [2.24, 2.45) is 5.41 Å². The SMILES string of the molecule is CCC(CC)(CNC(=O)NCc1ncc(C)s1)C(=O)O. The standard InChI is InChI=1S/C13H21N3O3S/c1-4-13(5-2,11(17)18)8-16-12(19)15-7-10-14-6-9(3)20-10/h6H,4-5,7-8H2,1-3H3,(H,17,18)(H2,15,16,19). The molecule has 1 aromatic heterocycles. The lowest BCUT2D eigenvalue weighted by Crippen LogP contribution is -2.45. The van der Waals surface area contributed by atoms with E-state index in [1.54, 1.807) is 6.20 Å². The molecule has 7 heteroatoms. The Morgan fingerprint density at radius 1 is 1.35 bits per heavy atom. The van der Waals surface area contributed by atoms with Crippen molar-refractivity contribution in [3.63, 3.8) is 0 Å². The van der Waals surface area contributed by atoms with Crippen LogP contribution in [-0.2, 0) is 11.3 Å². The van der Waals surface area contributed by atoms with E-state index in [-0.39, 0.29) is 12.6 Å². The second-order valence-electron chi connectivity index (χ2n) is 4.69. The average molecular weight is 299 g/mol. The first kappa shape index (κ1) is 16.4. The molecule has 2 amide bonds. The van der Waals surface area contributed by atoms with Crippen molar-refractivity contribution in [1.82, 2.24) is 15.6 Å². The maximum Gasteiger partial charge on any atom is 0.315 e. The van der Waals surface area contributed by atoms with Gasteiger partial charge in [0.15, 0.2) is 0 Å². The van der Waals surface area contributed by atoms with Crippen LogP contribution in [0.15, 0.2) is 6.20 Å². The molecule has 0 spiro atoms. The van der Waals surface area contributed by atoms with Crippen LogP contribution in [0.5, 0.6) is 0 Å². The van der Waals surface area contributed by atoms with Crippen LogP contribution in [0.3, 0.4) is 0 Å². The fraction of sp³-hybridized carbons (Fsp3) is 0.615. The molecule has 0 unspecified atom stereocenters. The quantitative estimate of drug-likeness (QED) is 0.719. The Bertz CT molecular complexity index is 469. The number of aliphatic carboxylic acids is 1. The molecule has 0 saturated carbocycles. The van der Waals surface area contributed by atoms with Crippen molar-refractivity contribution in [2.45, 2.75) is 40.2 Å². The van der Waals surface area contributed by atoms with Gasteiger partial charge in [-0.3, -0.25) is 4.79 Å². The minimum atomic E-state index is -0.894. The number of carboxylic acids is 1. The van der Waals surface area contributed by atoms with Crippen LogP contribution in [0.1, 0.15) is 36.6 Å². The summed E-state index contributed by atoms with van der Waals surface area (Å²) in [5.41, 5.74) is -0.894. The monoisotopic (exact) mass is 299 g/mol. The average Bonchev–Trinajstić information content (AvgIpc) is 2.83. The van der Waals surface area contributed by atoms with Crippen molar-refractivity contribution in [3.05, 3.63) is 16.1 Å². The molecule has 0 bridgehead atoms. The Morgan fingerprint density at radius 3 is 2.45 bits per heavy atom. The van der Waals surface area contributed by atoms with Crippen molar-refractivity contribution in [1.29, 1.82) is 0 Å². The molecular weight excluding hydrogens is 278 g/mol. The summed E-state index contributed by atoms with van der Waals surface area (Å²) in [6, 6.07) is -0.370. The molecule has 0 aliphatic carbocycles. The number of nitrogens with zero attached hydrogens (tertiary/aromatic N) is 1. The highest BCUT2D eigenvalue weighted by atomic mass is 32.1. The van der Waals surface area contributed by atoms with Crippen molar-refractivity contribution in [3.8, 4) is 0 Å². The van der Waals surface area contributed by atoms with Crippen molar-refractivity contribution >= 4 is 23.3 Å². The number of amides is 2. The first-order valence-electron chi connectivity index (χ1n) is 6.60. The van der Waals surface area contributed by atoms with Gasteiger partial charge in [0, 0.05) is 17.6 Å². The zero-order chi connectivity index (χ0) is 15.2. The summed E-state index contributed by atoms with van der Waals surface area (Å²) >= 11 is 1.52. The predicted molar refractivity (Wildman–Crippen MR) is 77.7 cm³/mol. The van der Waals surface area contributed by atoms with Gasteiger partial charge in [-0.2, -0.15) is 0 Å². The van der Waals surface area contributed by atoms with Crippen molar-refractivity contribution < 1.29 is 14.7 Å². The smallest absolute Gasteiger partial charge is 0.315 e. The molecule has 1 heterocycles. The number of rotatable bonds is 7. The first-order chi connectivity index (χ1) is 9.43. The molecule has 1 rings (SSSR count). The Hall–Kier alpha value is -1.63. The van der Waals surface area contributed by atoms with Crippen molar-refractivity contribution in [2.75, 3.05) is 6.54 Å². The number of carbonyl (C=O) groups is 2. The summed E-state index contributed by atoms with van der Waals surface area (Å²) < 4.78 is 0. The number of carbonyl (C=O) groups excluding carboxylic acids is 1. The molecule has 0 aliphatic rings. The van der Waals surface area contributed by atoms with Crippen LogP contribution >= 0.6 is 11.3 Å². The van der Waals surface area contributed by atoms with E-state index in [0.29, 0.717) is 19.4 Å². The first-order valence-corrected chi connectivity index (χ1v) is 7.41. The highest BCUT2D eigenvalue weighted by molar-refractivity contribution is 7.11. The fourth-order valence-corrected chi connectivity index (χ4v) is 2.56. The van der Waals surface area contributed by atoms with Gasteiger partial charge in [-0.25, -0.2) is 9.78 Å². The number of urea groups is 1. The molecular formula is C13H21N3O3S. The Labute approximate surface area is 122 Å². The summed E-state index contributed by atoms with van der Waals surface area (Å²) in [4.78, 5) is 28.2. The van der Waals surface area contributed by atoms with Crippen LogP contribution in [-0.4, -0.2) is 28.6 Å². The Morgan fingerprint density at radius 2 is 2.00 bits per heavy atom. The van der Waals surface area contributed by atoms with Gasteiger partial charge in [-0.15, -0.1) is 11.3 Å². The number of hydrogen-bond acceptors (Lipinski definition) is 4. The van der Waals surface area contributed by atoms with Crippen LogP contribution < -0.4 is 10.6 Å². The van der Waals surface area contributed by atoms with Gasteiger partial charge < -0.3 is 15.7 Å². The number of aryl methyl sites for hydroxylation is 1. The van der Waals surface area contributed by atoms with E-state index in [0.717, 1.165) is 9.88 Å². The highest BCUT2D eigenvalue weighted by Gasteiger charge is 2.35. The topological polar surface area (TPSA) is 91.3 Å². The third-order valence-corrected chi connectivity index (χ3v) is 4.38.